The number of fused-ring (bicyclic) bond motifs is 1. The van der Waals surface area contributed by atoms with E-state index in [4.69, 9.17) is 10.7 Å². The third kappa shape index (κ3) is 2.82. The van der Waals surface area contributed by atoms with E-state index in [0.29, 0.717) is 5.92 Å². The van der Waals surface area contributed by atoms with Crippen molar-refractivity contribution in [3.05, 3.63) is 29.3 Å². The number of benzene rings is 1. The van der Waals surface area contributed by atoms with E-state index in [9.17, 15) is 0 Å². The van der Waals surface area contributed by atoms with Gasteiger partial charge in [0, 0.05) is 6.42 Å². The van der Waals surface area contributed by atoms with Gasteiger partial charge in [-0.25, -0.2) is 4.98 Å². The van der Waals surface area contributed by atoms with Crippen LogP contribution < -0.4 is 5.73 Å². The molecule has 1 aromatic carbocycles. The Bertz CT molecular complexity index is 515. The largest absolute Gasteiger partial charge is 0.330 e. The Morgan fingerprint density at radius 1 is 1.26 bits per heavy atom. The highest BCUT2D eigenvalue weighted by Gasteiger charge is 2.28. The first kappa shape index (κ1) is 13.1. The fraction of sp³-hybridized carbons (Fsp3) is 0.562. The highest BCUT2D eigenvalue weighted by atomic mass is 32.1. The van der Waals surface area contributed by atoms with Crippen molar-refractivity contribution in [3.63, 3.8) is 0 Å². The van der Waals surface area contributed by atoms with E-state index in [1.54, 1.807) is 0 Å². The average molecular weight is 274 g/mol. The summed E-state index contributed by atoms with van der Waals surface area (Å²) in [6.45, 7) is 3.21. The number of para-hydroxylation sites is 1. The maximum atomic E-state index is 5.95. The van der Waals surface area contributed by atoms with Gasteiger partial charge in [-0.05, 0) is 49.3 Å². The van der Waals surface area contributed by atoms with Crippen molar-refractivity contribution in [2.45, 2.75) is 32.6 Å². The lowest BCUT2D eigenvalue weighted by molar-refractivity contribution is 0.193. The van der Waals surface area contributed by atoms with Crippen LogP contribution in [0.2, 0.25) is 0 Å². The molecule has 3 heteroatoms. The summed E-state index contributed by atoms with van der Waals surface area (Å²) in [5.74, 6) is 2.28. The molecule has 3 unspecified atom stereocenters. The molecule has 19 heavy (non-hydrogen) atoms. The van der Waals surface area contributed by atoms with Crippen LogP contribution in [0.4, 0.5) is 0 Å². The quantitative estimate of drug-likeness (QED) is 0.923. The number of thiazole rings is 1. The summed E-state index contributed by atoms with van der Waals surface area (Å²) in [5.41, 5.74) is 7.10. The normalized spacial score (nSPS) is 27.8. The third-order valence-electron chi connectivity index (χ3n) is 4.48. The van der Waals surface area contributed by atoms with Gasteiger partial charge in [-0.15, -0.1) is 11.3 Å². The molecule has 1 heterocycles. The number of aromatic nitrogens is 1. The molecular weight excluding hydrogens is 252 g/mol. The minimum Gasteiger partial charge on any atom is -0.330 e. The van der Waals surface area contributed by atoms with E-state index < -0.39 is 0 Å². The molecule has 1 saturated carbocycles. The number of rotatable bonds is 3. The van der Waals surface area contributed by atoms with Gasteiger partial charge in [0.05, 0.1) is 15.2 Å². The lowest BCUT2D eigenvalue weighted by Gasteiger charge is -2.33. The van der Waals surface area contributed by atoms with Gasteiger partial charge >= 0.3 is 0 Å². The van der Waals surface area contributed by atoms with Crippen molar-refractivity contribution in [2.24, 2.45) is 23.5 Å². The molecule has 2 nitrogen and oxygen atoms in total. The standard InChI is InChI=1S/C16H22N2S/c1-11-6-7-12(10-17)13(8-11)9-16-18-14-4-2-3-5-15(14)19-16/h2-5,11-13H,6-10,17H2,1H3. The summed E-state index contributed by atoms with van der Waals surface area (Å²) in [7, 11) is 0. The second-order valence-electron chi connectivity index (χ2n) is 5.95. The Morgan fingerprint density at radius 3 is 2.89 bits per heavy atom. The van der Waals surface area contributed by atoms with Crippen LogP contribution >= 0.6 is 11.3 Å². The molecular formula is C16H22N2S. The van der Waals surface area contributed by atoms with Gasteiger partial charge in [-0.2, -0.15) is 0 Å². The molecule has 3 rings (SSSR count). The Hall–Kier alpha value is -0.930. The van der Waals surface area contributed by atoms with Crippen LogP contribution in [0, 0.1) is 17.8 Å². The molecule has 0 spiro atoms. The zero-order valence-corrected chi connectivity index (χ0v) is 12.3. The van der Waals surface area contributed by atoms with Crippen LogP contribution in [0.15, 0.2) is 24.3 Å². The van der Waals surface area contributed by atoms with Crippen LogP contribution in [0.5, 0.6) is 0 Å². The molecule has 0 bridgehead atoms. The van der Waals surface area contributed by atoms with Crippen LogP contribution in [0.25, 0.3) is 10.2 Å². The molecule has 1 aliphatic rings. The number of hydrogen-bond donors (Lipinski definition) is 1. The molecule has 102 valence electrons. The molecule has 2 aromatic rings. The third-order valence-corrected chi connectivity index (χ3v) is 5.54. The first-order valence-electron chi connectivity index (χ1n) is 7.30. The second kappa shape index (κ2) is 5.59. The molecule has 0 saturated heterocycles. The topological polar surface area (TPSA) is 38.9 Å². The second-order valence-corrected chi connectivity index (χ2v) is 7.07. The van der Waals surface area contributed by atoms with Crippen molar-refractivity contribution >= 4 is 21.6 Å². The summed E-state index contributed by atoms with van der Waals surface area (Å²) in [5, 5.41) is 1.29. The maximum absolute atomic E-state index is 5.95. The monoisotopic (exact) mass is 274 g/mol. The van der Waals surface area contributed by atoms with Gasteiger partial charge < -0.3 is 5.73 Å². The summed E-state index contributed by atoms with van der Waals surface area (Å²) in [4.78, 5) is 4.78. The Balaban J connectivity index is 1.78. The van der Waals surface area contributed by atoms with Crippen molar-refractivity contribution in [3.8, 4) is 0 Å². The summed E-state index contributed by atoms with van der Waals surface area (Å²) in [6, 6.07) is 8.44. The van der Waals surface area contributed by atoms with Gasteiger partial charge in [-0.3, -0.25) is 0 Å². The lowest BCUT2D eigenvalue weighted by Crippen LogP contribution is -2.30. The molecule has 1 aliphatic carbocycles. The fourth-order valence-electron chi connectivity index (χ4n) is 3.35. The van der Waals surface area contributed by atoms with Crippen molar-refractivity contribution in [1.29, 1.82) is 0 Å². The predicted octanol–water partition coefficient (Wildman–Crippen LogP) is 3.85. The number of nitrogens with zero attached hydrogens (tertiary/aromatic N) is 1. The Labute approximate surface area is 119 Å². The molecule has 0 radical (unpaired) electrons. The molecule has 0 aliphatic heterocycles. The van der Waals surface area contributed by atoms with Crippen LogP contribution in [0.1, 0.15) is 31.2 Å². The molecule has 1 aromatic heterocycles. The molecule has 0 amide bonds. The van der Waals surface area contributed by atoms with Gasteiger partial charge in [0.25, 0.3) is 0 Å². The SMILES string of the molecule is CC1CCC(CN)C(Cc2nc3ccccc3s2)C1. The van der Waals surface area contributed by atoms with Crippen molar-refractivity contribution in [1.82, 2.24) is 4.98 Å². The summed E-state index contributed by atoms with van der Waals surface area (Å²) >= 11 is 1.85. The van der Waals surface area contributed by atoms with Crippen molar-refractivity contribution in [2.75, 3.05) is 6.54 Å². The lowest BCUT2D eigenvalue weighted by atomic mass is 9.73. The van der Waals surface area contributed by atoms with Gasteiger partial charge in [0.15, 0.2) is 0 Å². The maximum Gasteiger partial charge on any atom is 0.0941 e. The number of hydrogen-bond acceptors (Lipinski definition) is 3. The minimum atomic E-state index is 0.697. The predicted molar refractivity (Wildman–Crippen MR) is 82.4 cm³/mol. The smallest absolute Gasteiger partial charge is 0.0941 e. The van der Waals surface area contributed by atoms with E-state index in [-0.39, 0.29) is 0 Å². The van der Waals surface area contributed by atoms with E-state index in [0.717, 1.165) is 30.3 Å². The van der Waals surface area contributed by atoms with Gasteiger partial charge in [0.2, 0.25) is 0 Å². The van der Waals surface area contributed by atoms with Gasteiger partial charge in [0.1, 0.15) is 0 Å². The van der Waals surface area contributed by atoms with Gasteiger partial charge in [-0.1, -0.05) is 25.5 Å². The zero-order chi connectivity index (χ0) is 13.2. The molecule has 1 fully saturated rings. The van der Waals surface area contributed by atoms with Crippen LogP contribution in [0.3, 0.4) is 0 Å². The number of nitrogens with two attached hydrogens (primary N) is 1. The summed E-state index contributed by atoms with van der Waals surface area (Å²) in [6.07, 6.45) is 5.08. The van der Waals surface area contributed by atoms with E-state index >= 15 is 0 Å². The van der Waals surface area contributed by atoms with E-state index in [2.05, 4.69) is 31.2 Å². The highest BCUT2D eigenvalue weighted by molar-refractivity contribution is 7.18. The first-order valence-corrected chi connectivity index (χ1v) is 8.12. The van der Waals surface area contributed by atoms with Crippen LogP contribution in [-0.2, 0) is 6.42 Å². The summed E-state index contributed by atoms with van der Waals surface area (Å²) < 4.78 is 1.31. The molecule has 3 atom stereocenters. The first-order chi connectivity index (χ1) is 9.26. The van der Waals surface area contributed by atoms with E-state index in [1.165, 1.54) is 29.0 Å². The Kier molecular flexibility index (Phi) is 3.85. The fourth-order valence-corrected chi connectivity index (χ4v) is 4.41. The average Bonchev–Trinajstić information content (AvgIpc) is 2.81. The van der Waals surface area contributed by atoms with Crippen LogP contribution in [-0.4, -0.2) is 11.5 Å². The van der Waals surface area contributed by atoms with E-state index in [1.807, 2.05) is 11.3 Å². The zero-order valence-electron chi connectivity index (χ0n) is 11.5. The molecule has 2 N–H and O–H groups in total. The van der Waals surface area contributed by atoms with Crippen molar-refractivity contribution < 1.29 is 0 Å². The highest BCUT2D eigenvalue weighted by Crippen LogP contribution is 2.36. The minimum absolute atomic E-state index is 0.697. The Morgan fingerprint density at radius 2 is 2.11 bits per heavy atom.